The van der Waals surface area contributed by atoms with Crippen LogP contribution < -0.4 is 10.0 Å². The Morgan fingerprint density at radius 1 is 0.938 bits per heavy atom. The standard InChI is InChI=1S/C24H24N2O5S/c1-4-31-24(28)20-10-5-6-11-21(20)25-23(27)18-13-12-17(3)22(15-18)32(29,30)26-19-9-7-8-16(2)14-19/h5-15,26H,4H2,1-3H3,(H,25,27). The van der Waals surface area contributed by atoms with Crippen LogP contribution in [-0.4, -0.2) is 26.9 Å². The molecule has 0 aliphatic carbocycles. The minimum Gasteiger partial charge on any atom is -0.462 e. The molecule has 0 spiro atoms. The van der Waals surface area contributed by atoms with Crippen molar-refractivity contribution >= 4 is 33.3 Å². The molecule has 2 N–H and O–H groups in total. The number of carbonyl (C=O) groups is 2. The molecule has 0 saturated carbocycles. The third-order valence-corrected chi connectivity index (χ3v) is 6.20. The first-order chi connectivity index (χ1) is 15.2. The summed E-state index contributed by atoms with van der Waals surface area (Å²) in [5, 5.41) is 2.67. The summed E-state index contributed by atoms with van der Waals surface area (Å²) in [6.07, 6.45) is 0. The van der Waals surface area contributed by atoms with Crippen LogP contribution in [0.25, 0.3) is 0 Å². The van der Waals surface area contributed by atoms with E-state index in [-0.39, 0.29) is 28.3 Å². The van der Waals surface area contributed by atoms with Crippen molar-refractivity contribution in [3.05, 3.63) is 89.0 Å². The molecule has 3 rings (SSSR count). The van der Waals surface area contributed by atoms with Crippen molar-refractivity contribution in [3.8, 4) is 0 Å². The summed E-state index contributed by atoms with van der Waals surface area (Å²) in [4.78, 5) is 25.0. The van der Waals surface area contributed by atoms with E-state index in [0.29, 0.717) is 11.3 Å². The van der Waals surface area contributed by atoms with Crippen LogP contribution in [0.5, 0.6) is 0 Å². The van der Waals surface area contributed by atoms with Gasteiger partial charge in [0.2, 0.25) is 0 Å². The van der Waals surface area contributed by atoms with Crippen molar-refractivity contribution in [2.45, 2.75) is 25.7 Å². The monoisotopic (exact) mass is 452 g/mol. The Hall–Kier alpha value is -3.65. The molecule has 0 unspecified atom stereocenters. The summed E-state index contributed by atoms with van der Waals surface area (Å²) in [5.74, 6) is -1.10. The number of nitrogens with one attached hydrogen (secondary N) is 2. The van der Waals surface area contributed by atoms with E-state index in [1.807, 2.05) is 13.0 Å². The predicted octanol–water partition coefficient (Wildman–Crippen LogP) is 4.53. The van der Waals surface area contributed by atoms with Gasteiger partial charge in [-0.3, -0.25) is 9.52 Å². The molecule has 0 aliphatic heterocycles. The average molecular weight is 453 g/mol. The molecular weight excluding hydrogens is 428 g/mol. The van der Waals surface area contributed by atoms with Crippen LogP contribution in [0.15, 0.2) is 71.6 Å². The minimum atomic E-state index is -3.92. The van der Waals surface area contributed by atoms with Gasteiger partial charge in [0.25, 0.3) is 15.9 Å². The molecule has 0 atom stereocenters. The number of aryl methyl sites for hydroxylation is 2. The highest BCUT2D eigenvalue weighted by Gasteiger charge is 2.21. The number of benzene rings is 3. The number of anilines is 2. The average Bonchev–Trinajstić information content (AvgIpc) is 2.74. The van der Waals surface area contributed by atoms with Crippen molar-refractivity contribution < 1.29 is 22.7 Å². The van der Waals surface area contributed by atoms with Crippen molar-refractivity contribution in [2.24, 2.45) is 0 Å². The molecule has 1 amide bonds. The Morgan fingerprint density at radius 2 is 1.69 bits per heavy atom. The van der Waals surface area contributed by atoms with E-state index < -0.39 is 21.9 Å². The van der Waals surface area contributed by atoms with Crippen LogP contribution in [0, 0.1) is 13.8 Å². The van der Waals surface area contributed by atoms with E-state index in [0.717, 1.165) is 5.56 Å². The first-order valence-corrected chi connectivity index (χ1v) is 11.5. The van der Waals surface area contributed by atoms with Gasteiger partial charge in [0.1, 0.15) is 0 Å². The summed E-state index contributed by atoms with van der Waals surface area (Å²) in [5.41, 5.74) is 2.47. The molecule has 0 heterocycles. The van der Waals surface area contributed by atoms with Crippen LogP contribution in [0.1, 0.15) is 38.8 Å². The lowest BCUT2D eigenvalue weighted by Crippen LogP contribution is -2.18. The largest absolute Gasteiger partial charge is 0.462 e. The van der Waals surface area contributed by atoms with Crippen LogP contribution in [0.3, 0.4) is 0 Å². The molecule has 166 valence electrons. The van der Waals surface area contributed by atoms with E-state index in [1.54, 1.807) is 62.4 Å². The molecule has 7 nitrogen and oxygen atoms in total. The number of amides is 1. The normalized spacial score (nSPS) is 11.0. The van der Waals surface area contributed by atoms with E-state index in [2.05, 4.69) is 10.0 Å². The molecule has 0 saturated heterocycles. The molecule has 3 aromatic carbocycles. The van der Waals surface area contributed by atoms with Crippen molar-refractivity contribution in [2.75, 3.05) is 16.6 Å². The number of hydrogen-bond acceptors (Lipinski definition) is 5. The van der Waals surface area contributed by atoms with Crippen LogP contribution in [0.4, 0.5) is 11.4 Å². The number of carbonyl (C=O) groups excluding carboxylic acids is 2. The summed E-state index contributed by atoms with van der Waals surface area (Å²) < 4.78 is 33.5. The lowest BCUT2D eigenvalue weighted by molar-refractivity contribution is 0.0527. The number of esters is 1. The maximum absolute atomic E-state index is 13.0. The van der Waals surface area contributed by atoms with Gasteiger partial charge >= 0.3 is 5.97 Å². The van der Waals surface area contributed by atoms with Gasteiger partial charge in [-0.1, -0.05) is 30.3 Å². The van der Waals surface area contributed by atoms with E-state index in [9.17, 15) is 18.0 Å². The molecule has 0 fully saturated rings. The lowest BCUT2D eigenvalue weighted by atomic mass is 10.1. The van der Waals surface area contributed by atoms with E-state index in [1.165, 1.54) is 12.1 Å². The van der Waals surface area contributed by atoms with Gasteiger partial charge in [0, 0.05) is 11.3 Å². The fourth-order valence-corrected chi connectivity index (χ4v) is 4.44. The fraction of sp³-hybridized carbons (Fsp3) is 0.167. The van der Waals surface area contributed by atoms with Crippen molar-refractivity contribution in [1.82, 2.24) is 0 Å². The third-order valence-electron chi connectivity index (χ3n) is 4.68. The molecule has 0 aliphatic rings. The molecular formula is C24H24N2O5S. The van der Waals surface area contributed by atoms with Gasteiger partial charge in [-0.2, -0.15) is 0 Å². The van der Waals surface area contributed by atoms with Crippen LogP contribution in [-0.2, 0) is 14.8 Å². The second-order valence-electron chi connectivity index (χ2n) is 7.18. The Balaban J connectivity index is 1.89. The number of hydrogen-bond donors (Lipinski definition) is 2. The zero-order valence-corrected chi connectivity index (χ0v) is 18.8. The highest BCUT2D eigenvalue weighted by molar-refractivity contribution is 7.92. The van der Waals surface area contributed by atoms with Gasteiger partial charge in [-0.15, -0.1) is 0 Å². The molecule has 0 radical (unpaired) electrons. The van der Waals surface area contributed by atoms with Crippen LogP contribution >= 0.6 is 0 Å². The highest BCUT2D eigenvalue weighted by Crippen LogP contribution is 2.23. The Labute approximate surface area is 187 Å². The molecule has 32 heavy (non-hydrogen) atoms. The summed E-state index contributed by atoms with van der Waals surface area (Å²) >= 11 is 0. The van der Waals surface area contributed by atoms with Gasteiger partial charge in [0.05, 0.1) is 22.8 Å². The lowest BCUT2D eigenvalue weighted by Gasteiger charge is -2.13. The first-order valence-electron chi connectivity index (χ1n) is 9.99. The number of para-hydroxylation sites is 1. The SMILES string of the molecule is CCOC(=O)c1ccccc1NC(=O)c1ccc(C)c(S(=O)(=O)Nc2cccc(C)c2)c1. The van der Waals surface area contributed by atoms with Gasteiger partial charge < -0.3 is 10.1 Å². The summed E-state index contributed by atoms with van der Waals surface area (Å²) in [7, 11) is -3.92. The zero-order chi connectivity index (χ0) is 23.3. The summed E-state index contributed by atoms with van der Waals surface area (Å²) in [6, 6.07) is 17.9. The van der Waals surface area contributed by atoms with Gasteiger partial charge in [-0.05, 0) is 68.3 Å². The fourth-order valence-electron chi connectivity index (χ4n) is 3.12. The third kappa shape index (κ3) is 5.33. The minimum absolute atomic E-state index is 0.00895. The highest BCUT2D eigenvalue weighted by atomic mass is 32.2. The smallest absolute Gasteiger partial charge is 0.340 e. The van der Waals surface area contributed by atoms with Gasteiger partial charge in [-0.25, -0.2) is 13.2 Å². The van der Waals surface area contributed by atoms with E-state index in [4.69, 9.17) is 4.74 Å². The molecule has 0 aromatic heterocycles. The molecule has 3 aromatic rings. The zero-order valence-electron chi connectivity index (χ0n) is 18.0. The summed E-state index contributed by atoms with van der Waals surface area (Å²) in [6.45, 7) is 5.41. The second kappa shape index (κ2) is 9.65. The van der Waals surface area contributed by atoms with Crippen molar-refractivity contribution in [1.29, 1.82) is 0 Å². The van der Waals surface area contributed by atoms with Crippen LogP contribution in [0.2, 0.25) is 0 Å². The number of ether oxygens (including phenoxy) is 1. The topological polar surface area (TPSA) is 102 Å². The Morgan fingerprint density at radius 3 is 2.41 bits per heavy atom. The maximum atomic E-state index is 13.0. The predicted molar refractivity (Wildman–Crippen MR) is 124 cm³/mol. The quantitative estimate of drug-likeness (QED) is 0.513. The van der Waals surface area contributed by atoms with Gasteiger partial charge in [0.15, 0.2) is 0 Å². The Kier molecular flexibility index (Phi) is 6.95. The molecule has 8 heteroatoms. The second-order valence-corrected chi connectivity index (χ2v) is 8.83. The Bertz CT molecular complexity index is 1270. The molecule has 0 bridgehead atoms. The first kappa shape index (κ1) is 23.0. The number of rotatable bonds is 7. The van der Waals surface area contributed by atoms with Crippen molar-refractivity contribution in [3.63, 3.8) is 0 Å². The number of sulfonamides is 1. The van der Waals surface area contributed by atoms with E-state index >= 15 is 0 Å². The maximum Gasteiger partial charge on any atom is 0.340 e.